The zero-order chi connectivity index (χ0) is 58.0. The van der Waals surface area contributed by atoms with Gasteiger partial charge in [0.2, 0.25) is 35.7 Å². The fourth-order valence-corrected chi connectivity index (χ4v) is 10.5. The maximum absolute atomic E-state index is 12.9. The summed E-state index contributed by atoms with van der Waals surface area (Å²) < 4.78 is 205. The van der Waals surface area contributed by atoms with Gasteiger partial charge in [0.25, 0.3) is 60.7 Å². The van der Waals surface area contributed by atoms with Crippen LogP contribution in [0.1, 0.15) is 11.1 Å². The molecule has 0 atom stereocenters. The van der Waals surface area contributed by atoms with Crippen LogP contribution in [-0.4, -0.2) is 108 Å². The number of nitrogens with zero attached hydrogens (tertiary/aromatic N) is 6. The molecule has 0 radical (unpaired) electrons. The lowest BCUT2D eigenvalue weighted by Crippen LogP contribution is -2.09. The van der Waals surface area contributed by atoms with E-state index in [2.05, 4.69) is 61.8 Å². The maximum Gasteiger partial charge on any atom is 0.295 e. The Kier molecular flexibility index (Phi) is 16.0. The molecule has 0 bridgehead atoms. The predicted octanol–water partition coefficient (Wildman–Crippen LogP) is 6.17. The van der Waals surface area contributed by atoms with Gasteiger partial charge in [-0.15, -0.1) is 0 Å². The molecule has 8 rings (SSSR count). The molecule has 2 heterocycles. The summed E-state index contributed by atoms with van der Waals surface area (Å²) in [6.07, 6.45) is 2.16. The van der Waals surface area contributed by atoms with Crippen LogP contribution >= 0.6 is 0 Å². The highest BCUT2D eigenvalue weighted by atomic mass is 32.2. The number of hydrogen-bond donors (Lipinski definition) is 12. The molecule has 30 nitrogen and oxygen atoms in total. The Labute approximate surface area is 453 Å². The van der Waals surface area contributed by atoms with Crippen molar-refractivity contribution in [1.29, 1.82) is 0 Å². The molecule has 0 aliphatic heterocycles. The molecule has 2 aromatic heterocycles. The number of hydrogen-bond acceptors (Lipinski definition) is 24. The molecule has 0 spiro atoms. The number of nitrogens with one attached hydrogen (secondary N) is 6. The SMILES string of the molecule is O=S(=O)(O)c1cccc(Nc2nc(Nc3cccc(S(=O)(=O)O)c3)nc(Nc3ccc(/C=C/c4ccc(Nc5nc(Nc6cccc(S(=O)(=O)O)c6)nc(Nc6cccc(S(=O)(=O)O)c6)n5)cc4S(=O)(=O)O)c(S(=O)(=O)O)c3)n2)c1. The lowest BCUT2D eigenvalue weighted by atomic mass is 10.1. The predicted molar refractivity (Wildman–Crippen MR) is 286 cm³/mol. The Balaban J connectivity index is 1.10. The summed E-state index contributed by atoms with van der Waals surface area (Å²) in [4.78, 5) is 21.7. The van der Waals surface area contributed by atoms with E-state index in [1.807, 2.05) is 0 Å². The molecule has 0 unspecified atom stereocenters. The minimum atomic E-state index is -5.12. The smallest absolute Gasteiger partial charge is 0.295 e. The van der Waals surface area contributed by atoms with E-state index >= 15 is 0 Å². The van der Waals surface area contributed by atoms with Gasteiger partial charge in [-0.05, 0) is 108 Å². The van der Waals surface area contributed by atoms with Crippen LogP contribution in [0.3, 0.4) is 0 Å². The van der Waals surface area contributed by atoms with Crippen LogP contribution in [0.4, 0.5) is 69.8 Å². The molecule has 0 fully saturated rings. The molecule has 0 aliphatic carbocycles. The summed E-state index contributed by atoms with van der Waals surface area (Å²) in [7, 11) is -28.9. The number of rotatable bonds is 20. The molecule has 12 N–H and O–H groups in total. The normalized spacial score (nSPS) is 12.4. The monoisotopic (exact) mass is 1210 g/mol. The number of aromatic nitrogens is 6. The highest BCUT2D eigenvalue weighted by Crippen LogP contribution is 2.31. The minimum absolute atomic E-state index is 0.0366. The Hall–Kier alpha value is -8.66. The van der Waals surface area contributed by atoms with Crippen molar-refractivity contribution in [2.45, 2.75) is 29.4 Å². The molecule has 6 aromatic carbocycles. The van der Waals surface area contributed by atoms with Crippen LogP contribution in [0.15, 0.2) is 163 Å². The Morgan fingerprint density at radius 1 is 0.275 bits per heavy atom. The summed E-state index contributed by atoms with van der Waals surface area (Å²) in [5, 5.41) is 16.3. The number of anilines is 12. The van der Waals surface area contributed by atoms with Gasteiger partial charge in [-0.3, -0.25) is 27.3 Å². The van der Waals surface area contributed by atoms with Gasteiger partial charge in [0, 0.05) is 34.1 Å². The quantitative estimate of drug-likeness (QED) is 0.0300. The molecule has 0 saturated heterocycles. The first-order valence-electron chi connectivity index (χ1n) is 21.7. The van der Waals surface area contributed by atoms with E-state index in [1.54, 1.807) is 0 Å². The van der Waals surface area contributed by atoms with E-state index in [1.165, 1.54) is 72.8 Å². The average Bonchev–Trinajstić information content (AvgIpc) is 3.41. The maximum atomic E-state index is 12.9. The van der Waals surface area contributed by atoms with Crippen molar-refractivity contribution >= 4 is 143 Å². The summed E-state index contributed by atoms with van der Waals surface area (Å²) in [6, 6.07) is 26.0. The Bertz CT molecular complexity index is 4050. The van der Waals surface area contributed by atoms with Crippen molar-refractivity contribution in [1.82, 2.24) is 29.9 Å². The number of benzene rings is 6. The van der Waals surface area contributed by atoms with Gasteiger partial charge in [-0.2, -0.15) is 80.4 Å². The molecular weight excluding hydrogens is 1180 g/mol. The standard InChI is InChI=1S/C44H36N12O18S6/c57-75(58,59)33-9-1-5-27(19-33)45-39-51-40(46-28-6-2-10-34(20-28)76(60,61)62)54-43(53-39)49-31-17-15-25(37(23-31)79(69,70)71)13-14-26-16-18-32(24-38(26)80(72,73)74)50-44-55-41(47-29-7-3-11-35(21-29)77(63,64)65)52-42(56-44)48-30-8-4-12-36(22-30)78(66,67)68/h1-24H,(H,57,58,59)(H,60,61,62)(H,63,64,65)(H,66,67,68)(H,69,70,71)(H,72,73,74)(H3,45,46,49,51,53,54)(H3,47,48,50,52,55,56)/b14-13+. The van der Waals surface area contributed by atoms with E-state index in [9.17, 15) is 77.8 Å². The second kappa shape index (κ2) is 22.2. The molecule has 416 valence electrons. The topological polar surface area (TPSA) is 476 Å². The third-order valence-corrected chi connectivity index (χ3v) is 15.6. The summed E-state index contributed by atoms with van der Waals surface area (Å²) in [5.74, 6) is -1.95. The third kappa shape index (κ3) is 15.1. The first kappa shape index (κ1) is 57.5. The molecule has 0 saturated carbocycles. The van der Waals surface area contributed by atoms with Gasteiger partial charge in [0.1, 0.15) is 9.79 Å². The average molecular weight is 1210 g/mol. The fraction of sp³-hybridized carbons (Fsp3) is 0. The van der Waals surface area contributed by atoms with Crippen molar-refractivity contribution in [3.8, 4) is 0 Å². The minimum Gasteiger partial charge on any atom is -0.324 e. The molecular formula is C44H36N12O18S6. The molecule has 0 amide bonds. The Morgan fingerprint density at radius 2 is 0.487 bits per heavy atom. The molecule has 0 aliphatic rings. The molecule has 36 heteroatoms. The van der Waals surface area contributed by atoms with Gasteiger partial charge in [-0.1, -0.05) is 48.6 Å². The lowest BCUT2D eigenvalue weighted by Gasteiger charge is -2.13. The zero-order valence-electron chi connectivity index (χ0n) is 39.6. The van der Waals surface area contributed by atoms with Crippen molar-refractivity contribution in [3.63, 3.8) is 0 Å². The zero-order valence-corrected chi connectivity index (χ0v) is 44.5. The first-order chi connectivity index (χ1) is 37.3. The van der Waals surface area contributed by atoms with Crippen LogP contribution in [0.5, 0.6) is 0 Å². The van der Waals surface area contributed by atoms with Crippen LogP contribution in [0.2, 0.25) is 0 Å². The second-order valence-electron chi connectivity index (χ2n) is 16.2. The fourth-order valence-electron chi connectivity index (χ4n) is 6.93. The highest BCUT2D eigenvalue weighted by Gasteiger charge is 2.21. The van der Waals surface area contributed by atoms with Crippen molar-refractivity contribution in [3.05, 3.63) is 145 Å². The van der Waals surface area contributed by atoms with Crippen molar-refractivity contribution in [2.75, 3.05) is 31.9 Å². The van der Waals surface area contributed by atoms with E-state index < -0.39 is 90.1 Å². The highest BCUT2D eigenvalue weighted by molar-refractivity contribution is 7.87. The van der Waals surface area contributed by atoms with Gasteiger partial charge in [-0.25, -0.2) is 0 Å². The summed E-state index contributed by atoms with van der Waals surface area (Å²) >= 11 is 0. The van der Waals surface area contributed by atoms with Gasteiger partial charge < -0.3 is 31.9 Å². The lowest BCUT2D eigenvalue weighted by molar-refractivity contribution is 0.480. The van der Waals surface area contributed by atoms with Crippen LogP contribution in [-0.2, 0) is 60.7 Å². The largest absolute Gasteiger partial charge is 0.324 e. The van der Waals surface area contributed by atoms with E-state index in [-0.39, 0.29) is 80.9 Å². The van der Waals surface area contributed by atoms with Crippen molar-refractivity contribution in [2.24, 2.45) is 0 Å². The molecule has 80 heavy (non-hydrogen) atoms. The van der Waals surface area contributed by atoms with Crippen LogP contribution in [0.25, 0.3) is 12.2 Å². The first-order valence-corrected chi connectivity index (χ1v) is 30.3. The molecule has 8 aromatic rings. The summed E-state index contributed by atoms with van der Waals surface area (Å²) in [6.45, 7) is 0. The van der Waals surface area contributed by atoms with E-state index in [0.29, 0.717) is 0 Å². The Morgan fingerprint density at radius 3 is 0.688 bits per heavy atom. The second-order valence-corrected chi connectivity index (χ2v) is 24.6. The van der Waals surface area contributed by atoms with Crippen LogP contribution < -0.4 is 31.9 Å². The van der Waals surface area contributed by atoms with Gasteiger partial charge in [0.15, 0.2) is 0 Å². The van der Waals surface area contributed by atoms with E-state index in [4.69, 9.17) is 0 Å². The summed E-state index contributed by atoms with van der Waals surface area (Å²) in [5.41, 5.74) is -0.556. The van der Waals surface area contributed by atoms with Gasteiger partial charge in [0.05, 0.1) is 19.6 Å². The van der Waals surface area contributed by atoms with Gasteiger partial charge >= 0.3 is 0 Å². The van der Waals surface area contributed by atoms with Crippen molar-refractivity contribution < 1.29 is 77.8 Å². The van der Waals surface area contributed by atoms with Crippen LogP contribution in [0, 0.1) is 0 Å². The van der Waals surface area contributed by atoms with E-state index in [0.717, 1.165) is 72.8 Å². The third-order valence-electron chi connectivity index (χ3n) is 10.4.